The zero-order valence-electron chi connectivity index (χ0n) is 12.4. The fraction of sp³-hybridized carbons (Fsp3) is 0.846. The average molecular weight is 272 g/mol. The molecule has 0 aromatic carbocycles. The molecule has 0 aliphatic heterocycles. The second-order valence-corrected chi connectivity index (χ2v) is 4.17. The van der Waals surface area contributed by atoms with E-state index in [9.17, 15) is 4.79 Å². The number of guanidine groups is 1. The maximum absolute atomic E-state index is 11.5. The molecule has 0 radical (unpaired) electrons. The molecule has 0 spiro atoms. The number of carbonyl (C=O) groups is 1. The summed E-state index contributed by atoms with van der Waals surface area (Å²) in [6, 6.07) is 0. The number of hydrogen-bond acceptors (Lipinski definition) is 3. The number of ether oxygens (including phenoxy) is 1. The summed E-state index contributed by atoms with van der Waals surface area (Å²) < 4.78 is 4.86. The molecule has 3 N–H and O–H groups in total. The lowest BCUT2D eigenvalue weighted by atomic mass is 10.2. The minimum Gasteiger partial charge on any atom is -0.383 e. The van der Waals surface area contributed by atoms with E-state index in [1.54, 1.807) is 7.11 Å². The third kappa shape index (κ3) is 11.5. The molecule has 0 aromatic heterocycles. The molecule has 0 saturated heterocycles. The fourth-order valence-electron chi connectivity index (χ4n) is 1.42. The molecule has 0 aromatic rings. The molecule has 0 bridgehead atoms. The Labute approximate surface area is 116 Å². The van der Waals surface area contributed by atoms with Crippen molar-refractivity contribution in [3.05, 3.63) is 0 Å². The normalized spacial score (nSPS) is 11.2. The van der Waals surface area contributed by atoms with Crippen LogP contribution in [0.25, 0.3) is 0 Å². The SMILES string of the molecule is CCCCCNC(=NCC(=O)NCCOC)NCC. The minimum absolute atomic E-state index is 0.0946. The van der Waals surface area contributed by atoms with Crippen LogP contribution in [0.4, 0.5) is 0 Å². The van der Waals surface area contributed by atoms with E-state index in [2.05, 4.69) is 27.9 Å². The predicted octanol–water partition coefficient (Wildman–Crippen LogP) is 0.494. The topological polar surface area (TPSA) is 74.8 Å². The highest BCUT2D eigenvalue weighted by Gasteiger charge is 2.01. The first kappa shape index (κ1) is 17.7. The van der Waals surface area contributed by atoms with Crippen molar-refractivity contribution in [1.29, 1.82) is 0 Å². The molecular weight excluding hydrogens is 244 g/mol. The van der Waals surface area contributed by atoms with Crippen molar-refractivity contribution in [3.8, 4) is 0 Å². The first-order valence-electron chi connectivity index (χ1n) is 7.02. The van der Waals surface area contributed by atoms with E-state index in [0.717, 1.165) is 19.5 Å². The fourth-order valence-corrected chi connectivity index (χ4v) is 1.42. The minimum atomic E-state index is -0.0946. The number of nitrogens with zero attached hydrogens (tertiary/aromatic N) is 1. The van der Waals surface area contributed by atoms with Gasteiger partial charge in [0.25, 0.3) is 0 Å². The molecule has 0 aliphatic rings. The summed E-state index contributed by atoms with van der Waals surface area (Å²) in [5, 5.41) is 9.06. The zero-order valence-corrected chi connectivity index (χ0v) is 12.4. The number of carbonyl (C=O) groups excluding carboxylic acids is 1. The van der Waals surface area contributed by atoms with E-state index in [1.165, 1.54) is 12.8 Å². The van der Waals surface area contributed by atoms with Gasteiger partial charge in [0.2, 0.25) is 5.91 Å². The van der Waals surface area contributed by atoms with Crippen molar-refractivity contribution in [2.75, 3.05) is 39.9 Å². The summed E-state index contributed by atoms with van der Waals surface area (Å²) >= 11 is 0. The van der Waals surface area contributed by atoms with E-state index < -0.39 is 0 Å². The van der Waals surface area contributed by atoms with Crippen LogP contribution in [0.2, 0.25) is 0 Å². The summed E-state index contributed by atoms with van der Waals surface area (Å²) in [6.45, 7) is 7.00. The van der Waals surface area contributed by atoms with E-state index in [-0.39, 0.29) is 12.5 Å². The molecule has 0 aliphatic carbocycles. The van der Waals surface area contributed by atoms with Gasteiger partial charge in [0.05, 0.1) is 6.61 Å². The van der Waals surface area contributed by atoms with Crippen LogP contribution in [0.1, 0.15) is 33.1 Å². The second-order valence-electron chi connectivity index (χ2n) is 4.17. The Morgan fingerprint density at radius 1 is 1.11 bits per heavy atom. The summed E-state index contributed by atoms with van der Waals surface area (Å²) in [6.07, 6.45) is 3.50. The van der Waals surface area contributed by atoms with Crippen molar-refractivity contribution in [3.63, 3.8) is 0 Å². The summed E-state index contributed by atoms with van der Waals surface area (Å²) in [4.78, 5) is 15.7. The Balaban J connectivity index is 3.92. The summed E-state index contributed by atoms with van der Waals surface area (Å²) in [5.41, 5.74) is 0. The molecule has 0 atom stereocenters. The highest BCUT2D eigenvalue weighted by molar-refractivity contribution is 5.84. The number of aliphatic imine (C=N–C) groups is 1. The van der Waals surface area contributed by atoms with Crippen molar-refractivity contribution < 1.29 is 9.53 Å². The number of hydrogen-bond donors (Lipinski definition) is 3. The summed E-state index contributed by atoms with van der Waals surface area (Å²) in [7, 11) is 1.60. The van der Waals surface area contributed by atoms with Gasteiger partial charge in [-0.2, -0.15) is 0 Å². The zero-order chi connectivity index (χ0) is 14.3. The van der Waals surface area contributed by atoms with E-state index in [0.29, 0.717) is 19.1 Å². The van der Waals surface area contributed by atoms with Crippen molar-refractivity contribution in [2.45, 2.75) is 33.1 Å². The van der Waals surface area contributed by atoms with Gasteiger partial charge in [-0.3, -0.25) is 4.79 Å². The molecule has 6 nitrogen and oxygen atoms in total. The highest BCUT2D eigenvalue weighted by atomic mass is 16.5. The van der Waals surface area contributed by atoms with Gasteiger partial charge in [-0.25, -0.2) is 4.99 Å². The lowest BCUT2D eigenvalue weighted by Gasteiger charge is -2.11. The maximum Gasteiger partial charge on any atom is 0.241 e. The van der Waals surface area contributed by atoms with Gasteiger partial charge < -0.3 is 20.7 Å². The lowest BCUT2D eigenvalue weighted by molar-refractivity contribution is -0.119. The quantitative estimate of drug-likeness (QED) is 0.307. The first-order valence-corrected chi connectivity index (χ1v) is 7.02. The predicted molar refractivity (Wildman–Crippen MR) is 78.4 cm³/mol. The van der Waals surface area contributed by atoms with Gasteiger partial charge >= 0.3 is 0 Å². The van der Waals surface area contributed by atoms with E-state index >= 15 is 0 Å². The summed E-state index contributed by atoms with van der Waals surface area (Å²) in [5.74, 6) is 0.600. The first-order chi connectivity index (χ1) is 9.24. The molecule has 0 unspecified atom stereocenters. The number of amides is 1. The maximum atomic E-state index is 11.5. The van der Waals surface area contributed by atoms with Crippen LogP contribution in [-0.4, -0.2) is 51.8 Å². The van der Waals surface area contributed by atoms with Crippen LogP contribution in [0.5, 0.6) is 0 Å². The average Bonchev–Trinajstić information content (AvgIpc) is 2.41. The van der Waals surface area contributed by atoms with Crippen LogP contribution in [0, 0.1) is 0 Å². The van der Waals surface area contributed by atoms with Gasteiger partial charge in [-0.05, 0) is 13.3 Å². The molecular formula is C13H28N4O2. The van der Waals surface area contributed by atoms with Crippen molar-refractivity contribution >= 4 is 11.9 Å². The largest absolute Gasteiger partial charge is 0.383 e. The lowest BCUT2D eigenvalue weighted by Crippen LogP contribution is -2.39. The monoisotopic (exact) mass is 272 g/mol. The molecule has 0 saturated carbocycles. The molecule has 0 fully saturated rings. The van der Waals surface area contributed by atoms with Gasteiger partial charge in [-0.15, -0.1) is 0 Å². The number of unbranched alkanes of at least 4 members (excludes halogenated alkanes) is 2. The molecule has 19 heavy (non-hydrogen) atoms. The third-order valence-corrected chi connectivity index (χ3v) is 2.43. The van der Waals surface area contributed by atoms with Gasteiger partial charge in [0.1, 0.15) is 6.54 Å². The standard InChI is InChI=1S/C13H28N4O2/c1-4-6-7-8-16-13(14-5-2)17-11-12(18)15-9-10-19-3/h4-11H2,1-3H3,(H,15,18)(H2,14,16,17). The van der Waals surface area contributed by atoms with Crippen LogP contribution in [-0.2, 0) is 9.53 Å². The Morgan fingerprint density at radius 2 is 1.89 bits per heavy atom. The number of methoxy groups -OCH3 is 1. The second kappa shape index (κ2) is 13.1. The smallest absolute Gasteiger partial charge is 0.241 e. The Kier molecular flexibility index (Phi) is 12.2. The van der Waals surface area contributed by atoms with Crippen molar-refractivity contribution in [1.82, 2.24) is 16.0 Å². The Morgan fingerprint density at radius 3 is 2.53 bits per heavy atom. The van der Waals surface area contributed by atoms with Crippen LogP contribution >= 0.6 is 0 Å². The number of nitrogens with one attached hydrogen (secondary N) is 3. The molecule has 0 heterocycles. The molecule has 112 valence electrons. The Hall–Kier alpha value is -1.30. The van der Waals surface area contributed by atoms with Crippen LogP contribution in [0.15, 0.2) is 4.99 Å². The molecule has 0 rings (SSSR count). The van der Waals surface area contributed by atoms with E-state index in [4.69, 9.17) is 4.74 Å². The Bertz CT molecular complexity index is 257. The third-order valence-electron chi connectivity index (χ3n) is 2.43. The number of rotatable bonds is 10. The van der Waals surface area contributed by atoms with Gasteiger partial charge in [0, 0.05) is 26.7 Å². The van der Waals surface area contributed by atoms with Crippen LogP contribution in [0.3, 0.4) is 0 Å². The van der Waals surface area contributed by atoms with Gasteiger partial charge in [-0.1, -0.05) is 19.8 Å². The highest BCUT2D eigenvalue weighted by Crippen LogP contribution is 1.90. The van der Waals surface area contributed by atoms with Crippen molar-refractivity contribution in [2.24, 2.45) is 4.99 Å². The molecule has 6 heteroatoms. The van der Waals surface area contributed by atoms with E-state index in [1.807, 2.05) is 6.92 Å². The van der Waals surface area contributed by atoms with Gasteiger partial charge in [0.15, 0.2) is 5.96 Å². The van der Waals surface area contributed by atoms with Crippen LogP contribution < -0.4 is 16.0 Å². The molecule has 1 amide bonds.